The van der Waals surface area contributed by atoms with Crippen LogP contribution in [0.4, 0.5) is 0 Å². The van der Waals surface area contributed by atoms with E-state index in [2.05, 4.69) is 31.2 Å². The van der Waals surface area contributed by atoms with E-state index in [9.17, 15) is 0 Å². The molecule has 0 aliphatic heterocycles. The molecule has 1 aromatic rings. The van der Waals surface area contributed by atoms with Crippen molar-refractivity contribution >= 4 is 0 Å². The van der Waals surface area contributed by atoms with Gasteiger partial charge < -0.3 is 5.73 Å². The summed E-state index contributed by atoms with van der Waals surface area (Å²) in [7, 11) is 0. The number of hydrogen-bond acceptors (Lipinski definition) is 1. The average molecular weight is 122 g/mol. The van der Waals surface area contributed by atoms with E-state index in [1.54, 1.807) is 0 Å². The highest BCUT2D eigenvalue weighted by molar-refractivity contribution is 5.20. The van der Waals surface area contributed by atoms with Crippen LogP contribution < -0.4 is 5.73 Å². The van der Waals surface area contributed by atoms with Gasteiger partial charge in [-0.2, -0.15) is 0 Å². The van der Waals surface area contributed by atoms with E-state index < -0.39 is 0 Å². The van der Waals surface area contributed by atoms with Gasteiger partial charge in [0.25, 0.3) is 0 Å². The Labute approximate surface area is 57.0 Å². The lowest BCUT2D eigenvalue weighted by molar-refractivity contribution is 1.07. The van der Waals surface area contributed by atoms with Gasteiger partial charge in [0.1, 0.15) is 0 Å². The Morgan fingerprint density at radius 1 is 1.33 bits per heavy atom. The van der Waals surface area contributed by atoms with Gasteiger partial charge >= 0.3 is 1.43 Å². The number of nitrogens with two attached hydrogens (primary N) is 1. The highest BCUT2D eigenvalue weighted by atomic mass is 14.5. The second-order valence-corrected chi connectivity index (χ2v) is 2.19. The zero-order valence-corrected chi connectivity index (χ0v) is 5.59. The van der Waals surface area contributed by atoms with Crippen LogP contribution in [0.25, 0.3) is 0 Å². The van der Waals surface area contributed by atoms with Gasteiger partial charge in [-0.3, -0.25) is 0 Å². The van der Waals surface area contributed by atoms with Gasteiger partial charge in [-0.25, -0.2) is 0 Å². The molecule has 9 heavy (non-hydrogen) atoms. The first kappa shape index (κ1) is 6.30. The number of rotatable bonds is 1. The van der Waals surface area contributed by atoms with Crippen molar-refractivity contribution in [1.82, 2.24) is 0 Å². The third-order valence-corrected chi connectivity index (χ3v) is 1.36. The fourth-order valence-corrected chi connectivity index (χ4v) is 0.724. The van der Waals surface area contributed by atoms with Crippen LogP contribution in [0.2, 0.25) is 0 Å². The largest absolute Gasteiger partial charge is 1.00 e. The molecule has 1 heteroatoms. The van der Waals surface area contributed by atoms with Crippen molar-refractivity contribution in [3.8, 4) is 0 Å². The molecule has 0 heterocycles. The van der Waals surface area contributed by atoms with Gasteiger partial charge in [-0.1, -0.05) is 29.8 Å². The first-order valence-electron chi connectivity index (χ1n) is 3.08. The van der Waals surface area contributed by atoms with Gasteiger partial charge in [0.2, 0.25) is 0 Å². The standard InChI is InChI=1S/C8H11N/c1-7-2-4-8(6-9)5-3-7/h2-5H,6,9H2,1H3/p+1. The third kappa shape index (κ3) is 1.54. The molecule has 0 bridgehead atoms. The van der Waals surface area contributed by atoms with Gasteiger partial charge in [-0.15, -0.1) is 0 Å². The van der Waals surface area contributed by atoms with Crippen molar-refractivity contribution in [2.24, 2.45) is 5.73 Å². The zero-order valence-electron chi connectivity index (χ0n) is 6.59. The van der Waals surface area contributed by atoms with Gasteiger partial charge in [0, 0.05) is 6.54 Å². The highest BCUT2D eigenvalue weighted by Crippen LogP contribution is 2.00. The fourth-order valence-electron chi connectivity index (χ4n) is 0.724. The van der Waals surface area contributed by atoms with E-state index >= 15 is 0 Å². The molecular weight excluding hydrogens is 110 g/mol. The Morgan fingerprint density at radius 3 is 2.33 bits per heavy atom. The predicted octanol–water partition coefficient (Wildman–Crippen LogP) is 1.57. The van der Waals surface area contributed by atoms with E-state index in [4.69, 9.17) is 5.73 Å². The van der Waals surface area contributed by atoms with E-state index in [0.29, 0.717) is 6.54 Å². The summed E-state index contributed by atoms with van der Waals surface area (Å²) in [5, 5.41) is 0. The van der Waals surface area contributed by atoms with Crippen LogP contribution >= 0.6 is 0 Å². The second kappa shape index (κ2) is 2.65. The Balaban J connectivity index is 0.000000810. The first-order chi connectivity index (χ1) is 4.33. The van der Waals surface area contributed by atoms with E-state index in [1.165, 1.54) is 11.1 Å². The van der Waals surface area contributed by atoms with Crippen molar-refractivity contribution < 1.29 is 1.43 Å². The summed E-state index contributed by atoms with van der Waals surface area (Å²) in [5.41, 5.74) is 7.88. The van der Waals surface area contributed by atoms with E-state index in [0.717, 1.165) is 0 Å². The Morgan fingerprint density at radius 2 is 1.89 bits per heavy atom. The fraction of sp³-hybridized carbons (Fsp3) is 0.250. The summed E-state index contributed by atoms with van der Waals surface area (Å²) in [6.07, 6.45) is 0. The second-order valence-electron chi connectivity index (χ2n) is 2.19. The molecule has 1 nitrogen and oxygen atoms in total. The molecule has 0 aromatic heterocycles. The maximum atomic E-state index is 5.40. The maximum absolute atomic E-state index is 5.40. The molecule has 0 aliphatic rings. The van der Waals surface area contributed by atoms with Crippen LogP contribution in [-0.2, 0) is 6.54 Å². The molecule has 2 N–H and O–H groups in total. The molecule has 48 valence electrons. The van der Waals surface area contributed by atoms with Crippen molar-refractivity contribution in [2.75, 3.05) is 0 Å². The molecule has 0 atom stereocenters. The van der Waals surface area contributed by atoms with Crippen molar-refractivity contribution in [3.63, 3.8) is 0 Å². The number of benzene rings is 1. The monoisotopic (exact) mass is 122 g/mol. The molecule has 0 spiro atoms. The normalized spacial score (nSPS) is 9.56. The molecule has 0 unspecified atom stereocenters. The van der Waals surface area contributed by atoms with Crippen molar-refractivity contribution in [3.05, 3.63) is 35.4 Å². The molecular formula is C8H12N+. The van der Waals surface area contributed by atoms with Crippen LogP contribution in [0.5, 0.6) is 0 Å². The number of hydrogen-bond donors (Lipinski definition) is 1. The summed E-state index contributed by atoms with van der Waals surface area (Å²) in [5.74, 6) is 0. The lowest BCUT2D eigenvalue weighted by Crippen LogP contribution is -1.94. The first-order valence-corrected chi connectivity index (χ1v) is 3.08. The molecule has 0 amide bonds. The smallest absolute Gasteiger partial charge is 0.326 e. The van der Waals surface area contributed by atoms with Gasteiger partial charge in [0.15, 0.2) is 0 Å². The van der Waals surface area contributed by atoms with Crippen molar-refractivity contribution in [1.29, 1.82) is 0 Å². The average Bonchev–Trinajstić information content (AvgIpc) is 1.90. The van der Waals surface area contributed by atoms with Gasteiger partial charge in [-0.05, 0) is 12.5 Å². The van der Waals surface area contributed by atoms with Crippen LogP contribution in [0.1, 0.15) is 12.6 Å². The van der Waals surface area contributed by atoms with Crippen LogP contribution in [0, 0.1) is 6.92 Å². The Hall–Kier alpha value is -0.820. The minimum atomic E-state index is 0. The van der Waals surface area contributed by atoms with E-state index in [-0.39, 0.29) is 1.43 Å². The van der Waals surface area contributed by atoms with Crippen LogP contribution in [-0.4, -0.2) is 0 Å². The molecule has 0 saturated heterocycles. The van der Waals surface area contributed by atoms with Crippen LogP contribution in [0.3, 0.4) is 0 Å². The van der Waals surface area contributed by atoms with Crippen LogP contribution in [0.15, 0.2) is 24.3 Å². The molecule has 0 saturated carbocycles. The molecule has 1 aromatic carbocycles. The Kier molecular flexibility index (Phi) is 1.85. The highest BCUT2D eigenvalue weighted by Gasteiger charge is 1.84. The summed E-state index contributed by atoms with van der Waals surface area (Å²) in [6, 6.07) is 8.25. The predicted molar refractivity (Wildman–Crippen MR) is 40.2 cm³/mol. The SMILES string of the molecule is Cc1ccc(CN)cc1.[H+]. The topological polar surface area (TPSA) is 26.0 Å². The molecule has 0 fully saturated rings. The summed E-state index contributed by atoms with van der Waals surface area (Å²) in [4.78, 5) is 0. The third-order valence-electron chi connectivity index (χ3n) is 1.36. The quantitative estimate of drug-likeness (QED) is 0.601. The van der Waals surface area contributed by atoms with Crippen molar-refractivity contribution in [2.45, 2.75) is 13.5 Å². The number of aryl methyl sites for hydroxylation is 1. The summed E-state index contributed by atoms with van der Waals surface area (Å²) < 4.78 is 0. The summed E-state index contributed by atoms with van der Waals surface area (Å²) >= 11 is 0. The molecule has 0 aliphatic carbocycles. The zero-order chi connectivity index (χ0) is 6.69. The lowest BCUT2D eigenvalue weighted by atomic mass is 10.2. The lowest BCUT2D eigenvalue weighted by Gasteiger charge is -1.94. The van der Waals surface area contributed by atoms with Gasteiger partial charge in [0.05, 0.1) is 0 Å². The molecule has 0 radical (unpaired) electrons. The molecule has 1 rings (SSSR count). The Bertz CT molecular complexity index is 181. The minimum absolute atomic E-state index is 0. The summed E-state index contributed by atoms with van der Waals surface area (Å²) in [6.45, 7) is 2.71. The van der Waals surface area contributed by atoms with E-state index in [1.807, 2.05) is 0 Å². The minimum Gasteiger partial charge on any atom is -0.326 e. The maximum Gasteiger partial charge on any atom is 1.00 e.